The number of oxazole rings is 1. The van der Waals surface area contributed by atoms with Crippen LogP contribution in [0, 0.1) is 6.92 Å². The quantitative estimate of drug-likeness (QED) is 0.748. The Bertz CT molecular complexity index is 807. The van der Waals surface area contributed by atoms with Gasteiger partial charge in [-0.05, 0) is 30.3 Å². The molecule has 3 rings (SSSR count). The van der Waals surface area contributed by atoms with E-state index >= 15 is 0 Å². The van der Waals surface area contributed by atoms with E-state index in [1.807, 2.05) is 24.3 Å². The summed E-state index contributed by atoms with van der Waals surface area (Å²) in [5.41, 5.74) is 2.82. The molecule has 2 aromatic heterocycles. The lowest BCUT2D eigenvalue weighted by molar-refractivity contribution is -0.111. The van der Waals surface area contributed by atoms with Gasteiger partial charge in [-0.3, -0.25) is 9.78 Å². The van der Waals surface area contributed by atoms with Crippen LogP contribution in [0.25, 0.3) is 17.2 Å². The van der Waals surface area contributed by atoms with Gasteiger partial charge in [-0.2, -0.15) is 0 Å². The Balaban J connectivity index is 1.72. The maximum atomic E-state index is 11.9. The normalized spacial score (nSPS) is 11.1. The van der Waals surface area contributed by atoms with Gasteiger partial charge in [0.15, 0.2) is 11.5 Å². The number of nitrogens with one attached hydrogen (secondary N) is 1. The third-order valence-electron chi connectivity index (χ3n) is 2.86. The monoisotopic (exact) mass is 279 g/mol. The van der Waals surface area contributed by atoms with Crippen LogP contribution in [-0.4, -0.2) is 15.9 Å². The summed E-state index contributed by atoms with van der Waals surface area (Å²) in [5, 5.41) is 2.77. The van der Waals surface area contributed by atoms with Crippen LogP contribution in [-0.2, 0) is 4.79 Å². The number of pyridine rings is 1. The first-order valence-corrected chi connectivity index (χ1v) is 6.48. The van der Waals surface area contributed by atoms with Crippen LogP contribution >= 0.6 is 0 Å². The van der Waals surface area contributed by atoms with Crippen LogP contribution in [0.5, 0.6) is 0 Å². The predicted octanol–water partition coefficient (Wildman–Crippen LogP) is 3.18. The van der Waals surface area contributed by atoms with E-state index in [4.69, 9.17) is 4.42 Å². The van der Waals surface area contributed by atoms with Crippen molar-refractivity contribution in [1.29, 1.82) is 0 Å². The molecule has 0 spiro atoms. The summed E-state index contributed by atoms with van der Waals surface area (Å²) in [6.07, 6.45) is 4.78. The Hall–Kier alpha value is -2.95. The lowest BCUT2D eigenvalue weighted by Gasteiger charge is -2.01. The second-order valence-corrected chi connectivity index (χ2v) is 4.49. The lowest BCUT2D eigenvalue weighted by atomic mass is 10.2. The molecule has 1 amide bonds. The molecule has 0 aliphatic carbocycles. The molecule has 0 radical (unpaired) electrons. The summed E-state index contributed by atoms with van der Waals surface area (Å²) in [4.78, 5) is 20.2. The van der Waals surface area contributed by atoms with Crippen LogP contribution in [0.3, 0.4) is 0 Å². The number of aryl methyl sites for hydroxylation is 1. The molecule has 3 aromatic rings. The number of rotatable bonds is 3. The van der Waals surface area contributed by atoms with Gasteiger partial charge in [0.2, 0.25) is 5.91 Å². The minimum atomic E-state index is -0.226. The van der Waals surface area contributed by atoms with Crippen molar-refractivity contribution < 1.29 is 9.21 Å². The van der Waals surface area contributed by atoms with Crippen molar-refractivity contribution in [3.8, 4) is 0 Å². The van der Waals surface area contributed by atoms with E-state index in [9.17, 15) is 4.79 Å². The zero-order valence-corrected chi connectivity index (χ0v) is 11.4. The molecule has 0 aliphatic heterocycles. The van der Waals surface area contributed by atoms with Gasteiger partial charge in [-0.25, -0.2) is 4.98 Å². The fraction of sp³-hybridized carbons (Fsp3) is 0.0625. The third-order valence-corrected chi connectivity index (χ3v) is 2.86. The highest BCUT2D eigenvalue weighted by Gasteiger charge is 2.04. The average Bonchev–Trinajstić information content (AvgIpc) is 2.85. The molecule has 0 unspecified atom stereocenters. The van der Waals surface area contributed by atoms with Gasteiger partial charge < -0.3 is 9.73 Å². The molecule has 5 nitrogen and oxygen atoms in total. The second kappa shape index (κ2) is 5.58. The van der Waals surface area contributed by atoms with Crippen molar-refractivity contribution in [2.24, 2.45) is 0 Å². The Morgan fingerprint density at radius 2 is 2.19 bits per heavy atom. The maximum Gasteiger partial charge on any atom is 0.248 e. The molecule has 0 saturated carbocycles. The smallest absolute Gasteiger partial charge is 0.248 e. The van der Waals surface area contributed by atoms with Crippen LogP contribution in [0.4, 0.5) is 5.69 Å². The van der Waals surface area contributed by atoms with Gasteiger partial charge in [-0.1, -0.05) is 6.07 Å². The molecular weight excluding hydrogens is 266 g/mol. The van der Waals surface area contributed by atoms with E-state index in [2.05, 4.69) is 15.3 Å². The molecule has 0 fully saturated rings. The van der Waals surface area contributed by atoms with Gasteiger partial charge in [0.25, 0.3) is 0 Å². The summed E-state index contributed by atoms with van der Waals surface area (Å²) in [6.45, 7) is 1.79. The molecule has 0 saturated heterocycles. The molecule has 104 valence electrons. The zero-order valence-electron chi connectivity index (χ0n) is 11.4. The Morgan fingerprint density at radius 3 is 3.00 bits per heavy atom. The van der Waals surface area contributed by atoms with Crippen molar-refractivity contribution >= 4 is 28.8 Å². The summed E-state index contributed by atoms with van der Waals surface area (Å²) in [7, 11) is 0. The summed E-state index contributed by atoms with van der Waals surface area (Å²) < 4.78 is 5.43. The van der Waals surface area contributed by atoms with Crippen molar-refractivity contribution in [3.05, 3.63) is 60.3 Å². The van der Waals surface area contributed by atoms with Crippen molar-refractivity contribution in [2.45, 2.75) is 6.92 Å². The SMILES string of the molecule is Cc1nc2ccc(NC(=O)/C=C/c3ccccn3)cc2o1. The number of benzene rings is 1. The molecule has 0 atom stereocenters. The zero-order chi connectivity index (χ0) is 14.7. The van der Waals surface area contributed by atoms with E-state index in [0.717, 1.165) is 11.2 Å². The first-order valence-electron chi connectivity index (χ1n) is 6.48. The largest absolute Gasteiger partial charge is 0.441 e. The fourth-order valence-electron chi connectivity index (χ4n) is 1.94. The van der Waals surface area contributed by atoms with Crippen LogP contribution < -0.4 is 5.32 Å². The molecule has 5 heteroatoms. The first-order chi connectivity index (χ1) is 10.2. The van der Waals surface area contributed by atoms with Crippen molar-refractivity contribution in [3.63, 3.8) is 0 Å². The fourth-order valence-corrected chi connectivity index (χ4v) is 1.94. The average molecular weight is 279 g/mol. The molecule has 1 aromatic carbocycles. The van der Waals surface area contributed by atoms with Gasteiger partial charge in [-0.15, -0.1) is 0 Å². The van der Waals surface area contributed by atoms with Gasteiger partial charge in [0, 0.05) is 31.0 Å². The van der Waals surface area contributed by atoms with E-state index in [0.29, 0.717) is 17.2 Å². The number of hydrogen-bond acceptors (Lipinski definition) is 4. The molecule has 0 bridgehead atoms. The summed E-state index contributed by atoms with van der Waals surface area (Å²) in [6, 6.07) is 10.9. The van der Waals surface area contributed by atoms with E-state index in [1.165, 1.54) is 6.08 Å². The number of carbonyl (C=O) groups is 1. The minimum absolute atomic E-state index is 0.226. The van der Waals surface area contributed by atoms with Gasteiger partial charge in [0.05, 0.1) is 5.69 Å². The highest BCUT2D eigenvalue weighted by Crippen LogP contribution is 2.19. The Labute approximate surface area is 121 Å². The summed E-state index contributed by atoms with van der Waals surface area (Å²) in [5.74, 6) is 0.375. The number of hydrogen-bond donors (Lipinski definition) is 1. The molecule has 0 aliphatic rings. The Kier molecular flexibility index (Phi) is 3.47. The van der Waals surface area contributed by atoms with E-state index in [1.54, 1.807) is 31.3 Å². The van der Waals surface area contributed by atoms with E-state index < -0.39 is 0 Å². The number of fused-ring (bicyclic) bond motifs is 1. The number of amides is 1. The molecule has 2 heterocycles. The third kappa shape index (κ3) is 3.14. The predicted molar refractivity (Wildman–Crippen MR) is 80.6 cm³/mol. The first kappa shape index (κ1) is 13.1. The maximum absolute atomic E-state index is 11.9. The van der Waals surface area contributed by atoms with Crippen LogP contribution in [0.15, 0.2) is 53.1 Å². The van der Waals surface area contributed by atoms with Gasteiger partial charge in [0.1, 0.15) is 5.52 Å². The number of anilines is 1. The minimum Gasteiger partial charge on any atom is -0.441 e. The van der Waals surface area contributed by atoms with Gasteiger partial charge >= 0.3 is 0 Å². The van der Waals surface area contributed by atoms with Crippen molar-refractivity contribution in [1.82, 2.24) is 9.97 Å². The number of nitrogens with zero attached hydrogens (tertiary/aromatic N) is 2. The number of carbonyl (C=O) groups excluding carboxylic acids is 1. The van der Waals surface area contributed by atoms with E-state index in [-0.39, 0.29) is 5.91 Å². The lowest BCUT2D eigenvalue weighted by Crippen LogP contribution is -2.07. The Morgan fingerprint density at radius 1 is 1.29 bits per heavy atom. The number of aromatic nitrogens is 2. The molecule has 1 N–H and O–H groups in total. The summed E-state index contributed by atoms with van der Waals surface area (Å²) >= 11 is 0. The molecular formula is C16H13N3O2. The highest BCUT2D eigenvalue weighted by molar-refractivity contribution is 6.02. The van der Waals surface area contributed by atoms with Crippen LogP contribution in [0.1, 0.15) is 11.6 Å². The topological polar surface area (TPSA) is 68.0 Å². The highest BCUT2D eigenvalue weighted by atomic mass is 16.3. The standard InChI is InChI=1S/C16H13N3O2/c1-11-18-14-7-5-13(10-15(14)21-11)19-16(20)8-6-12-4-2-3-9-17-12/h2-10H,1H3,(H,19,20)/b8-6+. The van der Waals surface area contributed by atoms with Crippen molar-refractivity contribution in [2.75, 3.05) is 5.32 Å². The second-order valence-electron chi connectivity index (χ2n) is 4.49. The molecule has 21 heavy (non-hydrogen) atoms. The van der Waals surface area contributed by atoms with Crippen LogP contribution in [0.2, 0.25) is 0 Å².